The Morgan fingerprint density at radius 2 is 2.08 bits per heavy atom. The fourth-order valence-electron chi connectivity index (χ4n) is 2.05. The van der Waals surface area contributed by atoms with Gasteiger partial charge in [0.2, 0.25) is 0 Å². The van der Waals surface area contributed by atoms with Crippen LogP contribution in [-0.2, 0) is 0 Å². The average Bonchev–Trinajstić information content (AvgIpc) is 3.11. The summed E-state index contributed by atoms with van der Waals surface area (Å²) in [4.78, 5) is 17.2. The van der Waals surface area contributed by atoms with Gasteiger partial charge in [0.25, 0.3) is 11.1 Å². The van der Waals surface area contributed by atoms with E-state index >= 15 is 0 Å². The van der Waals surface area contributed by atoms with E-state index in [1.807, 2.05) is 13.8 Å². The van der Waals surface area contributed by atoms with Gasteiger partial charge in [-0.05, 0) is 26.0 Å². The predicted octanol–water partition coefficient (Wildman–Crippen LogP) is 3.20. The summed E-state index contributed by atoms with van der Waals surface area (Å²) in [6, 6.07) is 3.84. The molecule has 0 bridgehead atoms. The van der Waals surface area contributed by atoms with Gasteiger partial charge in [-0.15, -0.1) is 21.5 Å². The maximum Gasteiger partial charge on any atom is 0.277 e. The Kier molecular flexibility index (Phi) is 4.54. The van der Waals surface area contributed by atoms with Crippen molar-refractivity contribution in [1.82, 2.24) is 15.2 Å². The molecule has 0 unspecified atom stereocenters. The quantitative estimate of drug-likeness (QED) is 0.525. The first-order valence-corrected chi connectivity index (χ1v) is 8.70. The standard InChI is InChI=1S/C15H13N3O4S2/c1-7-13(24-8(2)16-7)14-17-18-15(22-14)23-6-12(21)10-4-3-9(19)5-11(10)20/h3-5,19-20H,6H2,1-2H3. The van der Waals surface area contributed by atoms with E-state index < -0.39 is 0 Å². The number of ketones is 1. The number of hydrogen-bond acceptors (Lipinski definition) is 9. The van der Waals surface area contributed by atoms with Crippen molar-refractivity contribution in [2.45, 2.75) is 19.1 Å². The molecule has 3 aromatic rings. The number of Topliss-reactive ketones (excluding diaryl/α,β-unsaturated/α-hetero) is 1. The highest BCUT2D eigenvalue weighted by Gasteiger charge is 2.17. The number of benzene rings is 1. The summed E-state index contributed by atoms with van der Waals surface area (Å²) in [5, 5.41) is 28.0. The number of carbonyl (C=O) groups excluding carboxylic acids is 1. The SMILES string of the molecule is Cc1nc(C)c(-c2nnc(SCC(=O)c3ccc(O)cc3O)o2)s1. The predicted molar refractivity (Wildman–Crippen MR) is 89.7 cm³/mol. The Balaban J connectivity index is 1.69. The molecule has 2 N–H and O–H groups in total. The first-order valence-electron chi connectivity index (χ1n) is 6.90. The van der Waals surface area contributed by atoms with Gasteiger partial charge in [0.15, 0.2) is 5.78 Å². The van der Waals surface area contributed by atoms with Gasteiger partial charge in [0.1, 0.15) is 16.4 Å². The van der Waals surface area contributed by atoms with E-state index in [0.717, 1.165) is 33.4 Å². The van der Waals surface area contributed by atoms with Gasteiger partial charge in [-0.3, -0.25) is 4.79 Å². The van der Waals surface area contributed by atoms with Crippen LogP contribution in [0.5, 0.6) is 11.5 Å². The minimum atomic E-state index is -0.304. The lowest BCUT2D eigenvalue weighted by Crippen LogP contribution is -2.02. The van der Waals surface area contributed by atoms with Crippen molar-refractivity contribution in [2.24, 2.45) is 0 Å². The first-order chi connectivity index (χ1) is 11.4. The number of aromatic nitrogens is 3. The summed E-state index contributed by atoms with van der Waals surface area (Å²) >= 11 is 2.55. The second-order valence-corrected chi connectivity index (χ2v) is 7.06. The van der Waals surface area contributed by atoms with Gasteiger partial charge in [0, 0.05) is 6.07 Å². The molecule has 7 nitrogen and oxygen atoms in total. The van der Waals surface area contributed by atoms with E-state index in [2.05, 4.69) is 15.2 Å². The topological polar surface area (TPSA) is 109 Å². The fourth-order valence-corrected chi connectivity index (χ4v) is 3.54. The van der Waals surface area contributed by atoms with Crippen molar-refractivity contribution in [2.75, 3.05) is 5.75 Å². The van der Waals surface area contributed by atoms with Crippen LogP contribution in [0.15, 0.2) is 27.8 Å². The highest BCUT2D eigenvalue weighted by Crippen LogP contribution is 2.31. The Morgan fingerprint density at radius 1 is 1.29 bits per heavy atom. The first kappa shape index (κ1) is 16.5. The molecule has 24 heavy (non-hydrogen) atoms. The summed E-state index contributed by atoms with van der Waals surface area (Å²) < 4.78 is 5.56. The molecule has 1 aromatic carbocycles. The molecular weight excluding hydrogens is 350 g/mol. The summed E-state index contributed by atoms with van der Waals surface area (Å²) in [6.07, 6.45) is 0. The van der Waals surface area contributed by atoms with Crippen LogP contribution < -0.4 is 0 Å². The number of thioether (sulfide) groups is 1. The molecule has 0 aliphatic rings. The molecule has 0 fully saturated rings. The van der Waals surface area contributed by atoms with Crippen LogP contribution in [0, 0.1) is 13.8 Å². The molecule has 0 spiro atoms. The Morgan fingerprint density at radius 3 is 2.75 bits per heavy atom. The highest BCUT2D eigenvalue weighted by molar-refractivity contribution is 7.99. The molecule has 2 aromatic heterocycles. The van der Waals surface area contributed by atoms with Crippen LogP contribution in [0.25, 0.3) is 10.8 Å². The summed E-state index contributed by atoms with van der Waals surface area (Å²) in [5.41, 5.74) is 0.955. The van der Waals surface area contributed by atoms with E-state index in [-0.39, 0.29) is 33.8 Å². The molecule has 0 aliphatic carbocycles. The number of carbonyl (C=O) groups is 1. The number of rotatable bonds is 5. The number of hydrogen-bond donors (Lipinski definition) is 2. The molecular formula is C15H13N3O4S2. The lowest BCUT2D eigenvalue weighted by molar-refractivity contribution is 0.101. The molecule has 2 heterocycles. The van der Waals surface area contributed by atoms with E-state index in [4.69, 9.17) is 4.42 Å². The van der Waals surface area contributed by atoms with Crippen LogP contribution in [-0.4, -0.2) is 36.9 Å². The fraction of sp³-hybridized carbons (Fsp3) is 0.200. The zero-order valence-electron chi connectivity index (χ0n) is 12.8. The lowest BCUT2D eigenvalue weighted by Gasteiger charge is -2.02. The molecule has 0 atom stereocenters. The van der Waals surface area contributed by atoms with Crippen molar-refractivity contribution < 1.29 is 19.4 Å². The minimum Gasteiger partial charge on any atom is -0.508 e. The number of aryl methyl sites for hydroxylation is 2. The third kappa shape index (κ3) is 3.41. The van der Waals surface area contributed by atoms with Gasteiger partial charge in [0.05, 0.1) is 22.0 Å². The van der Waals surface area contributed by atoms with Crippen LogP contribution in [0.3, 0.4) is 0 Å². The zero-order valence-corrected chi connectivity index (χ0v) is 14.4. The van der Waals surface area contributed by atoms with E-state index in [9.17, 15) is 15.0 Å². The maximum atomic E-state index is 12.1. The second-order valence-electron chi connectivity index (χ2n) is 4.93. The molecule has 3 rings (SSSR count). The maximum absolute atomic E-state index is 12.1. The van der Waals surface area contributed by atoms with E-state index in [1.165, 1.54) is 23.5 Å². The molecule has 9 heteroatoms. The van der Waals surface area contributed by atoms with Gasteiger partial charge in [-0.2, -0.15) is 0 Å². The van der Waals surface area contributed by atoms with Crippen LogP contribution in [0.1, 0.15) is 21.1 Å². The largest absolute Gasteiger partial charge is 0.508 e. The molecule has 0 amide bonds. The minimum absolute atomic E-state index is 0.0284. The zero-order chi connectivity index (χ0) is 17.3. The lowest BCUT2D eigenvalue weighted by atomic mass is 10.1. The monoisotopic (exact) mass is 363 g/mol. The second kappa shape index (κ2) is 6.62. The number of phenols is 2. The van der Waals surface area contributed by atoms with Gasteiger partial charge < -0.3 is 14.6 Å². The smallest absolute Gasteiger partial charge is 0.277 e. The third-order valence-electron chi connectivity index (χ3n) is 3.11. The van der Waals surface area contributed by atoms with Gasteiger partial charge in [-0.1, -0.05) is 11.8 Å². The number of phenolic OH excluding ortho intramolecular Hbond substituents is 2. The van der Waals surface area contributed by atoms with Crippen molar-refractivity contribution in [3.8, 4) is 22.3 Å². The molecule has 0 aliphatic heterocycles. The van der Waals surface area contributed by atoms with E-state index in [0.29, 0.717) is 5.89 Å². The van der Waals surface area contributed by atoms with Crippen molar-refractivity contribution in [3.05, 3.63) is 34.5 Å². The van der Waals surface area contributed by atoms with Crippen LogP contribution >= 0.6 is 23.1 Å². The Hall–Kier alpha value is -2.39. The summed E-state index contributed by atoms with van der Waals surface area (Å²) in [6.45, 7) is 3.77. The third-order valence-corrected chi connectivity index (χ3v) is 4.99. The highest BCUT2D eigenvalue weighted by atomic mass is 32.2. The van der Waals surface area contributed by atoms with Gasteiger partial charge in [-0.25, -0.2) is 4.98 Å². The van der Waals surface area contributed by atoms with Crippen molar-refractivity contribution in [3.63, 3.8) is 0 Å². The Labute approximate surface area is 145 Å². The number of aromatic hydroxyl groups is 2. The number of nitrogens with zero attached hydrogens (tertiary/aromatic N) is 3. The molecule has 0 saturated carbocycles. The van der Waals surface area contributed by atoms with Crippen LogP contribution in [0.2, 0.25) is 0 Å². The number of thiazole rings is 1. The van der Waals surface area contributed by atoms with Crippen molar-refractivity contribution >= 4 is 28.9 Å². The van der Waals surface area contributed by atoms with E-state index in [1.54, 1.807) is 0 Å². The molecule has 0 radical (unpaired) electrons. The molecule has 124 valence electrons. The Bertz CT molecular complexity index is 904. The van der Waals surface area contributed by atoms with Crippen LogP contribution in [0.4, 0.5) is 0 Å². The average molecular weight is 363 g/mol. The normalized spacial score (nSPS) is 10.9. The van der Waals surface area contributed by atoms with Crippen molar-refractivity contribution in [1.29, 1.82) is 0 Å². The summed E-state index contributed by atoms with van der Waals surface area (Å²) in [7, 11) is 0. The van der Waals surface area contributed by atoms with Gasteiger partial charge >= 0.3 is 0 Å². The summed E-state index contributed by atoms with van der Waals surface area (Å²) in [5.74, 6) is -0.264. The molecule has 0 saturated heterocycles.